The van der Waals surface area contributed by atoms with Crippen molar-refractivity contribution in [3.05, 3.63) is 0 Å². The number of ether oxygens (including phenoxy) is 1. The Labute approximate surface area is 115 Å². The van der Waals surface area contributed by atoms with E-state index < -0.39 is 15.1 Å². The van der Waals surface area contributed by atoms with Gasteiger partial charge < -0.3 is 9.64 Å². The number of amides is 1. The SMILES string of the molecule is CC(C)S(=O)(=O)CCC(=O)N1CCC2(CC1)COC2. The summed E-state index contributed by atoms with van der Waals surface area (Å²) in [5.41, 5.74) is 0.306. The average Bonchev–Trinajstić information content (AvgIpc) is 2.34. The first-order valence-electron chi connectivity index (χ1n) is 6.92. The van der Waals surface area contributed by atoms with Crippen molar-refractivity contribution in [2.45, 2.75) is 38.4 Å². The quantitative estimate of drug-likeness (QED) is 0.769. The minimum Gasteiger partial charge on any atom is -0.380 e. The third kappa shape index (κ3) is 3.28. The summed E-state index contributed by atoms with van der Waals surface area (Å²) in [5.74, 6) is -0.0619. The van der Waals surface area contributed by atoms with Gasteiger partial charge in [0.2, 0.25) is 5.91 Å². The minimum absolute atomic E-state index is 0.0284. The molecule has 0 atom stereocenters. The lowest BCUT2D eigenvalue weighted by Crippen LogP contribution is -2.52. The van der Waals surface area contributed by atoms with Crippen LogP contribution in [0.25, 0.3) is 0 Å². The molecule has 19 heavy (non-hydrogen) atoms. The molecule has 0 aromatic rings. The zero-order chi connectivity index (χ0) is 14.1. The van der Waals surface area contributed by atoms with Crippen molar-refractivity contribution in [1.29, 1.82) is 0 Å². The zero-order valence-corrected chi connectivity index (χ0v) is 12.5. The summed E-state index contributed by atoms with van der Waals surface area (Å²) < 4.78 is 28.6. The van der Waals surface area contributed by atoms with Gasteiger partial charge in [0.15, 0.2) is 9.84 Å². The van der Waals surface area contributed by atoms with Crippen molar-refractivity contribution in [2.24, 2.45) is 5.41 Å². The van der Waals surface area contributed by atoms with E-state index in [1.54, 1.807) is 18.7 Å². The highest BCUT2D eigenvalue weighted by Crippen LogP contribution is 2.38. The van der Waals surface area contributed by atoms with Gasteiger partial charge in [0.25, 0.3) is 0 Å². The Bertz CT molecular complexity index is 430. The van der Waals surface area contributed by atoms with Gasteiger partial charge in [-0.2, -0.15) is 0 Å². The van der Waals surface area contributed by atoms with Crippen LogP contribution in [0.3, 0.4) is 0 Å². The fourth-order valence-electron chi connectivity index (χ4n) is 2.53. The van der Waals surface area contributed by atoms with E-state index in [1.165, 1.54) is 0 Å². The van der Waals surface area contributed by atoms with E-state index in [0.29, 0.717) is 5.41 Å². The number of carbonyl (C=O) groups is 1. The maximum atomic E-state index is 12.0. The summed E-state index contributed by atoms with van der Waals surface area (Å²) in [5, 5.41) is -0.406. The van der Waals surface area contributed by atoms with E-state index in [-0.39, 0.29) is 18.1 Å². The summed E-state index contributed by atoms with van der Waals surface area (Å²) >= 11 is 0. The number of hydrogen-bond donors (Lipinski definition) is 0. The predicted molar refractivity (Wildman–Crippen MR) is 72.6 cm³/mol. The lowest BCUT2D eigenvalue weighted by Gasteiger charge is -2.47. The lowest BCUT2D eigenvalue weighted by atomic mass is 9.77. The van der Waals surface area contributed by atoms with E-state index >= 15 is 0 Å². The van der Waals surface area contributed by atoms with Gasteiger partial charge in [-0.05, 0) is 26.7 Å². The summed E-state index contributed by atoms with van der Waals surface area (Å²) in [7, 11) is -3.12. The molecule has 2 aliphatic rings. The van der Waals surface area contributed by atoms with E-state index in [4.69, 9.17) is 4.74 Å². The van der Waals surface area contributed by atoms with E-state index in [1.807, 2.05) is 0 Å². The highest BCUT2D eigenvalue weighted by molar-refractivity contribution is 7.91. The number of hydrogen-bond acceptors (Lipinski definition) is 4. The predicted octanol–water partition coefficient (Wildman–Crippen LogP) is 0.839. The second-order valence-electron chi connectivity index (χ2n) is 6.04. The first-order chi connectivity index (χ1) is 8.85. The number of piperidine rings is 1. The van der Waals surface area contributed by atoms with Crippen LogP contribution in [0.15, 0.2) is 0 Å². The van der Waals surface area contributed by atoms with Gasteiger partial charge in [0, 0.05) is 24.9 Å². The zero-order valence-electron chi connectivity index (χ0n) is 11.7. The molecular formula is C13H23NO4S. The van der Waals surface area contributed by atoms with Gasteiger partial charge in [-0.25, -0.2) is 8.42 Å². The van der Waals surface area contributed by atoms with Gasteiger partial charge in [-0.3, -0.25) is 4.79 Å². The van der Waals surface area contributed by atoms with Gasteiger partial charge in [0.05, 0.1) is 24.2 Å². The Kier molecular flexibility index (Phi) is 4.20. The second kappa shape index (κ2) is 5.40. The standard InChI is InChI=1S/C13H23NO4S/c1-11(2)19(16,17)8-3-12(15)14-6-4-13(5-7-14)9-18-10-13/h11H,3-10H2,1-2H3. The third-order valence-electron chi connectivity index (χ3n) is 4.31. The fraction of sp³-hybridized carbons (Fsp3) is 0.923. The topological polar surface area (TPSA) is 63.7 Å². The molecule has 0 radical (unpaired) electrons. The molecule has 0 aromatic carbocycles. The Morgan fingerprint density at radius 2 is 1.84 bits per heavy atom. The Balaban J connectivity index is 1.78. The van der Waals surface area contributed by atoms with Crippen LogP contribution in [-0.2, 0) is 19.4 Å². The molecule has 1 amide bonds. The van der Waals surface area contributed by atoms with Crippen LogP contribution in [0.1, 0.15) is 33.1 Å². The molecule has 0 aromatic heterocycles. The minimum atomic E-state index is -3.12. The van der Waals surface area contributed by atoms with Crippen molar-refractivity contribution >= 4 is 15.7 Å². The van der Waals surface area contributed by atoms with Gasteiger partial charge in [-0.15, -0.1) is 0 Å². The Morgan fingerprint density at radius 1 is 1.26 bits per heavy atom. The molecule has 0 aliphatic carbocycles. The van der Waals surface area contributed by atoms with Crippen LogP contribution < -0.4 is 0 Å². The third-order valence-corrected chi connectivity index (χ3v) is 6.52. The lowest BCUT2D eigenvalue weighted by molar-refractivity contribution is -0.152. The molecule has 2 rings (SSSR count). The first-order valence-corrected chi connectivity index (χ1v) is 8.63. The Hall–Kier alpha value is -0.620. The number of carbonyl (C=O) groups excluding carboxylic acids is 1. The van der Waals surface area contributed by atoms with Crippen LogP contribution in [0, 0.1) is 5.41 Å². The number of sulfone groups is 1. The smallest absolute Gasteiger partial charge is 0.223 e. The molecule has 110 valence electrons. The molecule has 6 heteroatoms. The van der Waals surface area contributed by atoms with Crippen molar-refractivity contribution in [1.82, 2.24) is 4.90 Å². The maximum absolute atomic E-state index is 12.0. The normalized spacial score (nSPS) is 22.6. The summed E-state index contributed by atoms with van der Waals surface area (Å²) in [6.07, 6.45) is 2.08. The van der Waals surface area contributed by atoms with Crippen LogP contribution >= 0.6 is 0 Å². The largest absolute Gasteiger partial charge is 0.380 e. The maximum Gasteiger partial charge on any atom is 0.223 e. The second-order valence-corrected chi connectivity index (χ2v) is 8.72. The molecule has 2 aliphatic heterocycles. The van der Waals surface area contributed by atoms with Crippen LogP contribution in [0.4, 0.5) is 0 Å². The molecule has 2 fully saturated rings. The molecule has 2 heterocycles. The van der Waals surface area contributed by atoms with E-state index in [0.717, 1.165) is 39.1 Å². The monoisotopic (exact) mass is 289 g/mol. The number of likely N-dealkylation sites (tertiary alicyclic amines) is 1. The molecule has 0 saturated carbocycles. The number of nitrogens with zero attached hydrogens (tertiary/aromatic N) is 1. The highest BCUT2D eigenvalue weighted by atomic mass is 32.2. The van der Waals surface area contributed by atoms with Gasteiger partial charge >= 0.3 is 0 Å². The van der Waals surface area contributed by atoms with Crippen LogP contribution in [0.5, 0.6) is 0 Å². The van der Waals surface area contributed by atoms with Crippen molar-refractivity contribution < 1.29 is 17.9 Å². The molecular weight excluding hydrogens is 266 g/mol. The van der Waals surface area contributed by atoms with Crippen molar-refractivity contribution in [3.8, 4) is 0 Å². The first kappa shape index (κ1) is 14.8. The molecule has 5 nitrogen and oxygen atoms in total. The van der Waals surface area contributed by atoms with Crippen LogP contribution in [-0.4, -0.2) is 56.5 Å². The molecule has 0 unspecified atom stereocenters. The van der Waals surface area contributed by atoms with Gasteiger partial charge in [0.1, 0.15) is 0 Å². The van der Waals surface area contributed by atoms with E-state index in [2.05, 4.69) is 0 Å². The number of rotatable bonds is 4. The van der Waals surface area contributed by atoms with Gasteiger partial charge in [-0.1, -0.05) is 0 Å². The average molecular weight is 289 g/mol. The summed E-state index contributed by atoms with van der Waals surface area (Å²) in [6.45, 7) is 6.42. The Morgan fingerprint density at radius 3 is 2.26 bits per heavy atom. The van der Waals surface area contributed by atoms with Crippen molar-refractivity contribution in [2.75, 3.05) is 32.1 Å². The highest BCUT2D eigenvalue weighted by Gasteiger charge is 2.41. The van der Waals surface area contributed by atoms with Crippen molar-refractivity contribution in [3.63, 3.8) is 0 Å². The molecule has 0 bridgehead atoms. The molecule has 1 spiro atoms. The summed E-state index contributed by atoms with van der Waals surface area (Å²) in [6, 6.07) is 0. The fourth-order valence-corrected chi connectivity index (χ4v) is 3.46. The van der Waals surface area contributed by atoms with E-state index in [9.17, 15) is 13.2 Å². The molecule has 2 saturated heterocycles. The molecule has 0 N–H and O–H groups in total. The summed E-state index contributed by atoms with van der Waals surface area (Å²) in [4.78, 5) is 13.8. The van der Waals surface area contributed by atoms with Crippen LogP contribution in [0.2, 0.25) is 0 Å².